The monoisotopic (exact) mass is 373 g/mol. The van der Waals surface area contributed by atoms with Gasteiger partial charge in [-0.25, -0.2) is 0 Å². The number of anilines is 1. The number of methoxy groups -OCH3 is 1. The molecule has 0 aromatic heterocycles. The molecule has 6 heteroatoms. The van der Waals surface area contributed by atoms with Gasteiger partial charge in [-0.05, 0) is 37.5 Å². The molecule has 1 aliphatic heterocycles. The first kappa shape index (κ1) is 19.7. The van der Waals surface area contributed by atoms with Crippen LogP contribution in [-0.4, -0.2) is 60.9 Å². The molecular formula is C21H31N3O3. The second kappa shape index (κ2) is 9.22. The van der Waals surface area contributed by atoms with E-state index in [1.807, 2.05) is 25.1 Å². The minimum absolute atomic E-state index is 0.0546. The van der Waals surface area contributed by atoms with E-state index < -0.39 is 0 Å². The van der Waals surface area contributed by atoms with Crippen LogP contribution in [0.2, 0.25) is 0 Å². The molecule has 27 heavy (non-hydrogen) atoms. The van der Waals surface area contributed by atoms with Crippen LogP contribution in [0.3, 0.4) is 0 Å². The van der Waals surface area contributed by atoms with Crippen LogP contribution in [0, 0.1) is 6.92 Å². The topological polar surface area (TPSA) is 61.9 Å². The van der Waals surface area contributed by atoms with Crippen molar-refractivity contribution in [1.29, 1.82) is 0 Å². The quantitative estimate of drug-likeness (QED) is 0.833. The number of piperazine rings is 1. The number of benzene rings is 1. The summed E-state index contributed by atoms with van der Waals surface area (Å²) in [4.78, 5) is 29.0. The standard InChI is InChI=1S/C21H31N3O3/c1-16-8-9-19(27-2)18(14-16)22-20(25)10-11-23-12-13-24(21(26)15-23)17-6-4-3-5-7-17/h8-9,14,17H,3-7,10-13,15H2,1-2H3,(H,22,25). The average Bonchev–Trinajstić information content (AvgIpc) is 2.67. The van der Waals surface area contributed by atoms with Crippen LogP contribution in [0.4, 0.5) is 5.69 Å². The minimum atomic E-state index is -0.0546. The molecular weight excluding hydrogens is 342 g/mol. The molecule has 2 fully saturated rings. The van der Waals surface area contributed by atoms with Gasteiger partial charge in [-0.1, -0.05) is 25.3 Å². The fourth-order valence-corrected chi connectivity index (χ4v) is 4.10. The molecule has 1 saturated heterocycles. The van der Waals surface area contributed by atoms with Crippen molar-refractivity contribution in [3.8, 4) is 5.75 Å². The minimum Gasteiger partial charge on any atom is -0.495 e. The van der Waals surface area contributed by atoms with E-state index in [9.17, 15) is 9.59 Å². The van der Waals surface area contributed by atoms with Gasteiger partial charge in [-0.2, -0.15) is 0 Å². The van der Waals surface area contributed by atoms with Crippen LogP contribution < -0.4 is 10.1 Å². The van der Waals surface area contributed by atoms with Crippen molar-refractivity contribution in [3.63, 3.8) is 0 Å². The highest BCUT2D eigenvalue weighted by Crippen LogP contribution is 2.26. The molecule has 1 aliphatic carbocycles. The molecule has 6 nitrogen and oxygen atoms in total. The van der Waals surface area contributed by atoms with Gasteiger partial charge in [-0.15, -0.1) is 0 Å². The molecule has 148 valence electrons. The normalized spacial score (nSPS) is 19.2. The van der Waals surface area contributed by atoms with Gasteiger partial charge in [-0.3, -0.25) is 14.5 Å². The number of nitrogens with one attached hydrogen (secondary N) is 1. The second-order valence-corrected chi connectivity index (χ2v) is 7.66. The highest BCUT2D eigenvalue weighted by atomic mass is 16.5. The van der Waals surface area contributed by atoms with Crippen LogP contribution >= 0.6 is 0 Å². The van der Waals surface area contributed by atoms with E-state index in [-0.39, 0.29) is 11.8 Å². The predicted octanol–water partition coefficient (Wildman–Crippen LogP) is 2.81. The molecule has 0 radical (unpaired) electrons. The Balaban J connectivity index is 1.46. The first-order valence-electron chi connectivity index (χ1n) is 10.0. The maximum Gasteiger partial charge on any atom is 0.237 e. The van der Waals surface area contributed by atoms with Crippen LogP contribution in [0.5, 0.6) is 5.75 Å². The molecule has 0 unspecified atom stereocenters. The number of hydrogen-bond acceptors (Lipinski definition) is 4. The summed E-state index contributed by atoms with van der Waals surface area (Å²) in [5.41, 5.74) is 1.76. The number of hydrogen-bond donors (Lipinski definition) is 1. The first-order chi connectivity index (χ1) is 13.1. The van der Waals surface area contributed by atoms with Gasteiger partial charge in [0, 0.05) is 32.1 Å². The zero-order valence-electron chi connectivity index (χ0n) is 16.5. The van der Waals surface area contributed by atoms with E-state index in [0.29, 0.717) is 37.0 Å². The molecule has 1 aromatic carbocycles. The van der Waals surface area contributed by atoms with Gasteiger partial charge in [0.05, 0.1) is 19.3 Å². The number of rotatable bonds is 6. The molecule has 1 aromatic rings. The molecule has 3 rings (SSSR count). The Hall–Kier alpha value is -2.08. The largest absolute Gasteiger partial charge is 0.495 e. The Morgan fingerprint density at radius 3 is 2.70 bits per heavy atom. The van der Waals surface area contributed by atoms with Crippen molar-refractivity contribution < 1.29 is 14.3 Å². The van der Waals surface area contributed by atoms with Gasteiger partial charge in [0.25, 0.3) is 0 Å². The van der Waals surface area contributed by atoms with E-state index in [2.05, 4.69) is 15.1 Å². The van der Waals surface area contributed by atoms with Crippen LogP contribution in [0.1, 0.15) is 44.1 Å². The number of amides is 2. The van der Waals surface area contributed by atoms with Crippen LogP contribution in [-0.2, 0) is 9.59 Å². The molecule has 1 N–H and O–H groups in total. The summed E-state index contributed by atoms with van der Waals surface area (Å²) >= 11 is 0. The lowest BCUT2D eigenvalue weighted by Crippen LogP contribution is -2.54. The second-order valence-electron chi connectivity index (χ2n) is 7.66. The number of carbonyl (C=O) groups excluding carboxylic acids is 2. The number of ether oxygens (including phenoxy) is 1. The number of nitrogens with zero attached hydrogens (tertiary/aromatic N) is 2. The third kappa shape index (κ3) is 5.22. The highest BCUT2D eigenvalue weighted by molar-refractivity contribution is 5.92. The maximum atomic E-state index is 12.5. The molecule has 1 heterocycles. The summed E-state index contributed by atoms with van der Waals surface area (Å²) < 4.78 is 5.30. The van der Waals surface area contributed by atoms with Crippen LogP contribution in [0.25, 0.3) is 0 Å². The average molecular weight is 373 g/mol. The third-order valence-corrected chi connectivity index (χ3v) is 5.64. The van der Waals surface area contributed by atoms with E-state index in [0.717, 1.165) is 31.5 Å². The zero-order valence-corrected chi connectivity index (χ0v) is 16.5. The Bertz CT molecular complexity index is 671. The maximum absolute atomic E-state index is 12.5. The first-order valence-corrected chi connectivity index (χ1v) is 10.0. The lowest BCUT2D eigenvalue weighted by molar-refractivity contribution is -0.139. The van der Waals surface area contributed by atoms with Gasteiger partial charge in [0.1, 0.15) is 5.75 Å². The molecule has 2 amide bonds. The summed E-state index contributed by atoms with van der Waals surface area (Å²) in [6.07, 6.45) is 6.43. The van der Waals surface area contributed by atoms with Gasteiger partial charge in [0.15, 0.2) is 0 Å². The van der Waals surface area contributed by atoms with E-state index in [1.54, 1.807) is 7.11 Å². The molecule has 0 atom stereocenters. The fourth-order valence-electron chi connectivity index (χ4n) is 4.10. The van der Waals surface area contributed by atoms with Gasteiger partial charge < -0.3 is 15.0 Å². The Labute approximate surface area is 161 Å². The van der Waals surface area contributed by atoms with E-state index in [4.69, 9.17) is 4.74 Å². The summed E-state index contributed by atoms with van der Waals surface area (Å²) in [5.74, 6) is 0.820. The Morgan fingerprint density at radius 1 is 1.22 bits per heavy atom. The van der Waals surface area contributed by atoms with Crippen molar-refractivity contribution in [2.75, 3.05) is 38.6 Å². The smallest absolute Gasteiger partial charge is 0.237 e. The SMILES string of the molecule is COc1ccc(C)cc1NC(=O)CCN1CCN(C2CCCCC2)C(=O)C1. The van der Waals surface area contributed by atoms with Crippen molar-refractivity contribution in [2.24, 2.45) is 0 Å². The van der Waals surface area contributed by atoms with E-state index >= 15 is 0 Å². The lowest BCUT2D eigenvalue weighted by Gasteiger charge is -2.40. The van der Waals surface area contributed by atoms with Crippen molar-refractivity contribution >= 4 is 17.5 Å². The summed E-state index contributed by atoms with van der Waals surface area (Å²) in [6.45, 7) is 4.65. The molecule has 0 bridgehead atoms. The van der Waals surface area contributed by atoms with Crippen LogP contribution in [0.15, 0.2) is 18.2 Å². The predicted molar refractivity (Wildman–Crippen MR) is 106 cm³/mol. The van der Waals surface area contributed by atoms with Gasteiger partial charge in [0.2, 0.25) is 11.8 Å². The number of aryl methyl sites for hydroxylation is 1. The zero-order chi connectivity index (χ0) is 19.2. The summed E-state index contributed by atoms with van der Waals surface area (Å²) in [7, 11) is 1.59. The third-order valence-electron chi connectivity index (χ3n) is 5.64. The molecule has 2 aliphatic rings. The van der Waals surface area contributed by atoms with E-state index in [1.165, 1.54) is 19.3 Å². The Kier molecular flexibility index (Phi) is 6.72. The van der Waals surface area contributed by atoms with Gasteiger partial charge >= 0.3 is 0 Å². The molecule has 1 saturated carbocycles. The molecule has 0 spiro atoms. The summed E-state index contributed by atoms with van der Waals surface area (Å²) in [5, 5.41) is 2.93. The lowest BCUT2D eigenvalue weighted by atomic mass is 9.93. The highest BCUT2D eigenvalue weighted by Gasteiger charge is 2.30. The van der Waals surface area contributed by atoms with Crippen molar-refractivity contribution in [3.05, 3.63) is 23.8 Å². The summed E-state index contributed by atoms with van der Waals surface area (Å²) in [6, 6.07) is 6.15. The fraction of sp³-hybridized carbons (Fsp3) is 0.619. The van der Waals surface area contributed by atoms with Crippen molar-refractivity contribution in [2.45, 2.75) is 51.5 Å². The number of carbonyl (C=O) groups is 2. The Morgan fingerprint density at radius 2 is 2.00 bits per heavy atom. The van der Waals surface area contributed by atoms with Crippen molar-refractivity contribution in [1.82, 2.24) is 9.80 Å².